The molecule has 2 heterocycles. The number of aryl methyl sites for hydroxylation is 1. The van der Waals surface area contributed by atoms with Crippen molar-refractivity contribution in [2.24, 2.45) is 0 Å². The van der Waals surface area contributed by atoms with Crippen molar-refractivity contribution in [3.8, 4) is 5.75 Å². The molecule has 4 heteroatoms. The molecular formula is C13H21N3O. The summed E-state index contributed by atoms with van der Waals surface area (Å²) in [4.78, 5) is 7.00. The van der Waals surface area contributed by atoms with Crippen LogP contribution in [0.5, 0.6) is 5.75 Å². The molecule has 1 N–H and O–H groups in total. The van der Waals surface area contributed by atoms with Gasteiger partial charge in [0.15, 0.2) is 0 Å². The van der Waals surface area contributed by atoms with Gasteiger partial charge in [-0.3, -0.25) is 0 Å². The highest BCUT2D eigenvalue weighted by atomic mass is 16.5. The van der Waals surface area contributed by atoms with Crippen molar-refractivity contribution in [3.63, 3.8) is 0 Å². The quantitative estimate of drug-likeness (QED) is 0.860. The standard InChI is InChI=1S/C13H21N3O/c1-10-7-12(17-3)8-13(15-10)16-6-4-5-11(16)9-14-2/h7-8,11,14H,4-6,9H2,1-3H3. The zero-order valence-corrected chi connectivity index (χ0v) is 10.9. The van der Waals surface area contributed by atoms with Crippen LogP contribution in [0.3, 0.4) is 0 Å². The summed E-state index contributed by atoms with van der Waals surface area (Å²) in [7, 11) is 3.70. The van der Waals surface area contributed by atoms with Gasteiger partial charge in [-0.25, -0.2) is 4.98 Å². The van der Waals surface area contributed by atoms with Crippen LogP contribution in [0, 0.1) is 6.92 Å². The molecule has 1 aliphatic heterocycles. The van der Waals surface area contributed by atoms with Crippen LogP contribution in [-0.2, 0) is 0 Å². The van der Waals surface area contributed by atoms with E-state index in [1.165, 1.54) is 12.8 Å². The van der Waals surface area contributed by atoms with E-state index >= 15 is 0 Å². The number of pyridine rings is 1. The first-order valence-corrected chi connectivity index (χ1v) is 6.18. The van der Waals surface area contributed by atoms with Crippen LogP contribution < -0.4 is 15.0 Å². The molecule has 0 spiro atoms. The summed E-state index contributed by atoms with van der Waals surface area (Å²) in [6.45, 7) is 4.11. The second kappa shape index (κ2) is 5.36. The number of hydrogen-bond acceptors (Lipinski definition) is 4. The van der Waals surface area contributed by atoms with Crippen molar-refractivity contribution in [2.45, 2.75) is 25.8 Å². The lowest BCUT2D eigenvalue weighted by atomic mass is 10.2. The third kappa shape index (κ3) is 2.69. The molecule has 0 aliphatic carbocycles. The van der Waals surface area contributed by atoms with E-state index in [0.717, 1.165) is 30.4 Å². The molecule has 94 valence electrons. The second-order valence-corrected chi connectivity index (χ2v) is 4.55. The number of aromatic nitrogens is 1. The van der Waals surface area contributed by atoms with Gasteiger partial charge >= 0.3 is 0 Å². The van der Waals surface area contributed by atoms with E-state index < -0.39 is 0 Å². The van der Waals surface area contributed by atoms with Crippen LogP contribution in [0.4, 0.5) is 5.82 Å². The number of methoxy groups -OCH3 is 1. The first-order chi connectivity index (χ1) is 8.24. The highest BCUT2D eigenvalue weighted by Crippen LogP contribution is 2.27. The smallest absolute Gasteiger partial charge is 0.132 e. The Morgan fingerprint density at radius 3 is 3.06 bits per heavy atom. The Morgan fingerprint density at radius 2 is 2.35 bits per heavy atom. The SMILES string of the molecule is CNCC1CCCN1c1cc(OC)cc(C)n1. The molecule has 1 atom stereocenters. The van der Waals surface area contributed by atoms with Crippen LogP contribution in [0.15, 0.2) is 12.1 Å². The zero-order valence-electron chi connectivity index (χ0n) is 10.9. The molecule has 0 bridgehead atoms. The van der Waals surface area contributed by atoms with Gasteiger partial charge in [-0.1, -0.05) is 0 Å². The third-order valence-corrected chi connectivity index (χ3v) is 3.26. The minimum atomic E-state index is 0.555. The maximum Gasteiger partial charge on any atom is 0.132 e. The number of nitrogens with one attached hydrogen (secondary N) is 1. The van der Waals surface area contributed by atoms with E-state index in [9.17, 15) is 0 Å². The summed E-state index contributed by atoms with van der Waals surface area (Å²) in [6, 6.07) is 4.55. The fourth-order valence-corrected chi connectivity index (χ4v) is 2.47. The van der Waals surface area contributed by atoms with Gasteiger partial charge in [0, 0.05) is 37.0 Å². The maximum atomic E-state index is 5.31. The molecule has 4 nitrogen and oxygen atoms in total. The van der Waals surface area contributed by atoms with E-state index in [-0.39, 0.29) is 0 Å². The van der Waals surface area contributed by atoms with Crippen molar-refractivity contribution in [2.75, 3.05) is 32.1 Å². The normalized spacial score (nSPS) is 19.7. The first kappa shape index (κ1) is 12.2. The van der Waals surface area contributed by atoms with Crippen molar-refractivity contribution in [3.05, 3.63) is 17.8 Å². The molecule has 1 aromatic heterocycles. The Bertz CT molecular complexity index is 381. The van der Waals surface area contributed by atoms with Gasteiger partial charge in [-0.05, 0) is 26.8 Å². The summed E-state index contributed by atoms with van der Waals surface area (Å²) < 4.78 is 5.31. The lowest BCUT2D eigenvalue weighted by Gasteiger charge is -2.26. The topological polar surface area (TPSA) is 37.4 Å². The Hall–Kier alpha value is -1.29. The predicted octanol–water partition coefficient (Wildman–Crippen LogP) is 1.59. The van der Waals surface area contributed by atoms with Crippen LogP contribution >= 0.6 is 0 Å². The van der Waals surface area contributed by atoms with Crippen molar-refractivity contribution in [1.29, 1.82) is 0 Å². The summed E-state index contributed by atoms with van der Waals surface area (Å²) in [6.07, 6.45) is 2.48. The molecule has 0 aromatic carbocycles. The zero-order chi connectivity index (χ0) is 12.3. The van der Waals surface area contributed by atoms with Crippen LogP contribution in [0.25, 0.3) is 0 Å². The lowest BCUT2D eigenvalue weighted by molar-refractivity contribution is 0.413. The van der Waals surface area contributed by atoms with Crippen molar-refractivity contribution in [1.82, 2.24) is 10.3 Å². The number of rotatable bonds is 4. The van der Waals surface area contributed by atoms with Crippen molar-refractivity contribution < 1.29 is 4.74 Å². The number of ether oxygens (including phenoxy) is 1. The molecule has 2 rings (SSSR count). The maximum absolute atomic E-state index is 5.31. The minimum Gasteiger partial charge on any atom is -0.497 e. The summed E-state index contributed by atoms with van der Waals surface area (Å²) >= 11 is 0. The number of likely N-dealkylation sites (N-methyl/N-ethyl adjacent to an activating group) is 1. The van der Waals surface area contributed by atoms with Gasteiger partial charge in [-0.2, -0.15) is 0 Å². The van der Waals surface area contributed by atoms with E-state index in [1.807, 2.05) is 26.1 Å². The molecule has 0 amide bonds. The van der Waals surface area contributed by atoms with Gasteiger partial charge in [0.05, 0.1) is 7.11 Å². The molecule has 1 aromatic rings. The van der Waals surface area contributed by atoms with Gasteiger partial charge in [0.2, 0.25) is 0 Å². The predicted molar refractivity (Wildman–Crippen MR) is 69.8 cm³/mol. The highest BCUT2D eigenvalue weighted by Gasteiger charge is 2.25. The largest absolute Gasteiger partial charge is 0.497 e. The van der Waals surface area contributed by atoms with Gasteiger partial charge in [0.1, 0.15) is 11.6 Å². The second-order valence-electron chi connectivity index (χ2n) is 4.55. The summed E-state index contributed by atoms with van der Waals surface area (Å²) in [5.74, 6) is 1.93. The average molecular weight is 235 g/mol. The Labute approximate surface area is 103 Å². The Kier molecular flexibility index (Phi) is 3.84. The highest BCUT2D eigenvalue weighted by molar-refractivity contribution is 5.47. The monoisotopic (exact) mass is 235 g/mol. The molecule has 0 saturated carbocycles. The number of hydrogen-bond donors (Lipinski definition) is 1. The molecule has 0 radical (unpaired) electrons. The van der Waals surface area contributed by atoms with E-state index in [1.54, 1.807) is 7.11 Å². The minimum absolute atomic E-state index is 0.555. The van der Waals surface area contributed by atoms with Crippen LogP contribution in [0.2, 0.25) is 0 Å². The van der Waals surface area contributed by atoms with Gasteiger partial charge in [-0.15, -0.1) is 0 Å². The molecule has 1 saturated heterocycles. The summed E-state index contributed by atoms with van der Waals surface area (Å²) in [5.41, 5.74) is 1.01. The Morgan fingerprint density at radius 1 is 1.53 bits per heavy atom. The number of anilines is 1. The van der Waals surface area contributed by atoms with E-state index in [0.29, 0.717) is 6.04 Å². The molecule has 17 heavy (non-hydrogen) atoms. The lowest BCUT2D eigenvalue weighted by Crippen LogP contribution is -2.37. The molecular weight excluding hydrogens is 214 g/mol. The van der Waals surface area contributed by atoms with Gasteiger partial charge < -0.3 is 15.0 Å². The fourth-order valence-electron chi connectivity index (χ4n) is 2.47. The fraction of sp³-hybridized carbons (Fsp3) is 0.615. The first-order valence-electron chi connectivity index (χ1n) is 6.18. The third-order valence-electron chi connectivity index (χ3n) is 3.26. The van der Waals surface area contributed by atoms with Crippen LogP contribution in [0.1, 0.15) is 18.5 Å². The molecule has 1 unspecified atom stereocenters. The van der Waals surface area contributed by atoms with Crippen molar-refractivity contribution >= 4 is 5.82 Å². The average Bonchev–Trinajstić information content (AvgIpc) is 2.77. The van der Waals surface area contributed by atoms with E-state index in [4.69, 9.17) is 4.74 Å². The van der Waals surface area contributed by atoms with Gasteiger partial charge in [0.25, 0.3) is 0 Å². The Balaban J connectivity index is 2.23. The number of nitrogens with zero attached hydrogens (tertiary/aromatic N) is 2. The molecule has 1 aliphatic rings. The molecule has 1 fully saturated rings. The summed E-state index contributed by atoms with van der Waals surface area (Å²) in [5, 5.41) is 3.25. The van der Waals surface area contributed by atoms with Crippen LogP contribution in [-0.4, -0.2) is 38.3 Å². The van der Waals surface area contributed by atoms with E-state index in [2.05, 4.69) is 15.2 Å².